The van der Waals surface area contributed by atoms with Crippen molar-refractivity contribution in [1.29, 1.82) is 0 Å². The maximum absolute atomic E-state index is 11.9. The van der Waals surface area contributed by atoms with E-state index in [9.17, 15) is 9.00 Å². The molecule has 0 aliphatic heterocycles. The van der Waals surface area contributed by atoms with Crippen molar-refractivity contribution in [2.75, 3.05) is 0 Å². The Morgan fingerprint density at radius 3 is 2.38 bits per heavy atom. The largest absolute Gasteiger partial charge is 0.294 e. The summed E-state index contributed by atoms with van der Waals surface area (Å²) in [5, 5.41) is 0. The SMILES string of the molecule is Cc1ccc(C(=O)CCCC/C=N/[S@](=O)C(C)(C)C)cc1. The van der Waals surface area contributed by atoms with Gasteiger partial charge in [0.2, 0.25) is 0 Å². The van der Waals surface area contributed by atoms with E-state index < -0.39 is 11.0 Å². The van der Waals surface area contributed by atoms with E-state index in [0.717, 1.165) is 30.4 Å². The molecule has 1 rings (SSSR count). The molecule has 0 unspecified atom stereocenters. The van der Waals surface area contributed by atoms with E-state index in [-0.39, 0.29) is 10.5 Å². The van der Waals surface area contributed by atoms with E-state index in [1.54, 1.807) is 6.21 Å². The Labute approximate surface area is 130 Å². The summed E-state index contributed by atoms with van der Waals surface area (Å²) in [5.41, 5.74) is 1.94. The van der Waals surface area contributed by atoms with E-state index in [0.29, 0.717) is 6.42 Å². The molecule has 0 fully saturated rings. The topological polar surface area (TPSA) is 46.5 Å². The van der Waals surface area contributed by atoms with Gasteiger partial charge < -0.3 is 0 Å². The van der Waals surface area contributed by atoms with Crippen LogP contribution in [0.2, 0.25) is 0 Å². The lowest BCUT2D eigenvalue weighted by Gasteiger charge is -2.12. The normalized spacial score (nSPS) is 13.5. The van der Waals surface area contributed by atoms with Gasteiger partial charge in [0, 0.05) is 18.2 Å². The number of aryl methyl sites for hydroxylation is 1. The molecule has 4 heteroatoms. The molecule has 0 saturated carbocycles. The van der Waals surface area contributed by atoms with Crippen molar-refractivity contribution in [3.05, 3.63) is 35.4 Å². The van der Waals surface area contributed by atoms with Crippen LogP contribution in [-0.2, 0) is 11.0 Å². The summed E-state index contributed by atoms with van der Waals surface area (Å²) in [4.78, 5) is 11.9. The molecule has 116 valence electrons. The van der Waals surface area contributed by atoms with Crippen molar-refractivity contribution in [3.63, 3.8) is 0 Å². The fourth-order valence-corrected chi connectivity index (χ4v) is 2.24. The Morgan fingerprint density at radius 1 is 1.19 bits per heavy atom. The minimum atomic E-state index is -1.18. The average molecular weight is 307 g/mol. The molecule has 0 amide bonds. The highest BCUT2D eigenvalue weighted by Gasteiger charge is 2.17. The van der Waals surface area contributed by atoms with Gasteiger partial charge in [-0.15, -0.1) is 0 Å². The van der Waals surface area contributed by atoms with Gasteiger partial charge in [-0.1, -0.05) is 29.8 Å². The summed E-state index contributed by atoms with van der Waals surface area (Å²) in [6.45, 7) is 7.72. The Kier molecular flexibility index (Phi) is 6.96. The molecule has 0 aliphatic rings. The number of Topliss-reactive ketones (excluding diaryl/α,β-unsaturated/α-hetero) is 1. The van der Waals surface area contributed by atoms with Gasteiger partial charge in [0.15, 0.2) is 5.78 Å². The van der Waals surface area contributed by atoms with Gasteiger partial charge in [0.25, 0.3) is 0 Å². The van der Waals surface area contributed by atoms with E-state index in [1.807, 2.05) is 52.0 Å². The van der Waals surface area contributed by atoms with E-state index in [4.69, 9.17) is 0 Å². The number of unbranched alkanes of at least 4 members (excludes halogenated alkanes) is 2. The molecule has 0 spiro atoms. The van der Waals surface area contributed by atoms with E-state index in [2.05, 4.69) is 4.40 Å². The molecular formula is C17H25NO2S. The van der Waals surface area contributed by atoms with Crippen molar-refractivity contribution in [2.24, 2.45) is 4.40 Å². The number of carbonyl (C=O) groups excluding carboxylic acids is 1. The van der Waals surface area contributed by atoms with Crippen molar-refractivity contribution in [3.8, 4) is 0 Å². The van der Waals surface area contributed by atoms with Crippen LogP contribution < -0.4 is 0 Å². The van der Waals surface area contributed by atoms with Crippen LogP contribution in [-0.4, -0.2) is 21.0 Å². The van der Waals surface area contributed by atoms with Gasteiger partial charge in [0.1, 0.15) is 11.0 Å². The van der Waals surface area contributed by atoms with Crippen molar-refractivity contribution in [1.82, 2.24) is 0 Å². The summed E-state index contributed by atoms with van der Waals surface area (Å²) in [6.07, 6.45) is 4.77. The summed E-state index contributed by atoms with van der Waals surface area (Å²) < 4.78 is 15.4. The third kappa shape index (κ3) is 6.80. The molecule has 0 saturated heterocycles. The minimum absolute atomic E-state index is 0.185. The van der Waals surface area contributed by atoms with Crippen LogP contribution in [0, 0.1) is 6.92 Å². The summed E-state index contributed by atoms with van der Waals surface area (Å²) in [5.74, 6) is 0.185. The number of carbonyl (C=O) groups is 1. The molecule has 0 heterocycles. The highest BCUT2D eigenvalue weighted by atomic mass is 32.2. The predicted molar refractivity (Wildman–Crippen MR) is 90.4 cm³/mol. The maximum atomic E-state index is 11.9. The number of rotatable bonds is 7. The van der Waals surface area contributed by atoms with Crippen LogP contribution in [0.5, 0.6) is 0 Å². The van der Waals surface area contributed by atoms with Crippen molar-refractivity contribution < 1.29 is 9.00 Å². The zero-order valence-corrected chi connectivity index (χ0v) is 14.2. The van der Waals surface area contributed by atoms with Crippen molar-refractivity contribution >= 4 is 23.0 Å². The Bertz CT molecular complexity index is 513. The molecule has 21 heavy (non-hydrogen) atoms. The minimum Gasteiger partial charge on any atom is -0.294 e. The first kappa shape index (κ1) is 17.8. The molecule has 0 radical (unpaired) electrons. The zero-order valence-electron chi connectivity index (χ0n) is 13.4. The quantitative estimate of drug-likeness (QED) is 0.429. The molecule has 0 bridgehead atoms. The van der Waals surface area contributed by atoms with Gasteiger partial charge in [-0.05, 0) is 47.0 Å². The van der Waals surface area contributed by atoms with Crippen LogP contribution in [0.4, 0.5) is 0 Å². The number of hydrogen-bond donors (Lipinski definition) is 0. The lowest BCUT2D eigenvalue weighted by Crippen LogP contribution is -2.19. The van der Waals surface area contributed by atoms with Gasteiger partial charge >= 0.3 is 0 Å². The van der Waals surface area contributed by atoms with Crippen LogP contribution in [0.1, 0.15) is 62.4 Å². The molecule has 3 nitrogen and oxygen atoms in total. The fourth-order valence-electron chi connectivity index (χ4n) is 1.68. The Morgan fingerprint density at radius 2 is 1.81 bits per heavy atom. The number of nitrogens with zero attached hydrogens (tertiary/aromatic N) is 1. The first-order chi connectivity index (χ1) is 9.80. The number of ketones is 1. The Balaban J connectivity index is 2.25. The number of benzene rings is 1. The molecule has 1 aromatic carbocycles. The Hall–Kier alpha value is -1.29. The molecule has 0 aliphatic carbocycles. The first-order valence-electron chi connectivity index (χ1n) is 7.35. The molecule has 0 N–H and O–H groups in total. The lowest BCUT2D eigenvalue weighted by atomic mass is 10.0. The standard InChI is InChI=1S/C17H25NO2S/c1-14-9-11-15(12-10-14)16(19)8-6-5-7-13-18-21(20)17(2,3)4/h9-13H,5-8H2,1-4H3/b18-13+/t21-/m1/s1. The lowest BCUT2D eigenvalue weighted by molar-refractivity contribution is 0.0979. The van der Waals surface area contributed by atoms with Gasteiger partial charge in [-0.3, -0.25) is 4.79 Å². The molecule has 1 aromatic rings. The third-order valence-corrected chi connectivity index (χ3v) is 4.44. The summed E-state index contributed by atoms with van der Waals surface area (Å²) in [7, 11) is -1.18. The number of hydrogen-bond acceptors (Lipinski definition) is 2. The van der Waals surface area contributed by atoms with Crippen molar-refractivity contribution in [2.45, 2.75) is 58.1 Å². The first-order valence-corrected chi connectivity index (χ1v) is 8.46. The second kappa shape index (κ2) is 8.23. The third-order valence-electron chi connectivity index (χ3n) is 3.05. The summed E-state index contributed by atoms with van der Waals surface area (Å²) >= 11 is 0. The highest BCUT2D eigenvalue weighted by molar-refractivity contribution is 7.85. The molecular weight excluding hydrogens is 282 g/mol. The van der Waals surface area contributed by atoms with Crippen LogP contribution in [0.3, 0.4) is 0 Å². The van der Waals surface area contributed by atoms with Gasteiger partial charge in [-0.25, -0.2) is 4.21 Å². The van der Waals surface area contributed by atoms with Gasteiger partial charge in [-0.2, -0.15) is 4.40 Å². The van der Waals surface area contributed by atoms with E-state index >= 15 is 0 Å². The monoisotopic (exact) mass is 307 g/mol. The second-order valence-electron chi connectivity index (χ2n) is 6.18. The zero-order chi connectivity index (χ0) is 15.9. The van der Waals surface area contributed by atoms with Gasteiger partial charge in [0.05, 0.1) is 4.75 Å². The van der Waals surface area contributed by atoms with E-state index in [1.165, 1.54) is 0 Å². The van der Waals surface area contributed by atoms with Crippen LogP contribution >= 0.6 is 0 Å². The highest BCUT2D eigenvalue weighted by Crippen LogP contribution is 2.12. The summed E-state index contributed by atoms with van der Waals surface area (Å²) in [6, 6.07) is 7.68. The average Bonchev–Trinajstić information content (AvgIpc) is 2.41. The van der Waals surface area contributed by atoms with Crippen LogP contribution in [0.25, 0.3) is 0 Å². The second-order valence-corrected chi connectivity index (χ2v) is 8.12. The predicted octanol–water partition coefficient (Wildman–Crippen LogP) is 4.27. The smallest absolute Gasteiger partial charge is 0.162 e. The van der Waals surface area contributed by atoms with Crippen LogP contribution in [0.15, 0.2) is 28.7 Å². The maximum Gasteiger partial charge on any atom is 0.162 e. The fraction of sp³-hybridized carbons (Fsp3) is 0.529. The molecule has 0 aromatic heterocycles. The molecule has 1 atom stereocenters.